The number of nitrogens with one attached hydrogen (secondary N) is 2. The number of hydrogen-bond donors (Lipinski definition) is 2. The van der Waals surface area contributed by atoms with Gasteiger partial charge < -0.3 is 24.8 Å². The molecule has 1 aromatic rings. The number of hydrogen-bond acceptors (Lipinski definition) is 4. The van der Waals surface area contributed by atoms with Crippen molar-refractivity contribution < 1.29 is 14.2 Å². The molecule has 0 spiro atoms. The Morgan fingerprint density at radius 2 is 1.79 bits per heavy atom. The molecule has 0 radical (unpaired) electrons. The largest absolute Gasteiger partial charge is 0.497 e. The topological polar surface area (TPSA) is 64.1 Å². The second-order valence-electron chi connectivity index (χ2n) is 6.22. The van der Waals surface area contributed by atoms with E-state index in [1.165, 1.54) is 5.56 Å². The van der Waals surface area contributed by atoms with E-state index in [1.54, 1.807) is 7.11 Å². The first kappa shape index (κ1) is 26.9. The lowest BCUT2D eigenvalue weighted by Crippen LogP contribution is -2.39. The van der Waals surface area contributed by atoms with Gasteiger partial charge in [-0.15, -0.1) is 24.0 Å². The highest BCUT2D eigenvalue weighted by Crippen LogP contribution is 2.13. The standard InChI is InChI=1S/C21H37N3O3.HI/c1-4-6-14-26-16-17-27-15-13-24-21(22-5-2)23-12-8-10-19-9-7-11-20(18-19)25-3;/h7,9,11,18H,4-6,8,10,12-17H2,1-3H3,(H2,22,23,24);1H. The lowest BCUT2D eigenvalue weighted by atomic mass is 10.1. The van der Waals surface area contributed by atoms with Crippen LogP contribution in [0, 0.1) is 0 Å². The van der Waals surface area contributed by atoms with Crippen molar-refractivity contribution >= 4 is 29.9 Å². The van der Waals surface area contributed by atoms with Crippen LogP contribution in [0.15, 0.2) is 29.3 Å². The Morgan fingerprint density at radius 3 is 2.50 bits per heavy atom. The van der Waals surface area contributed by atoms with Gasteiger partial charge in [-0.05, 0) is 43.9 Å². The summed E-state index contributed by atoms with van der Waals surface area (Å²) in [5, 5.41) is 6.57. The fourth-order valence-electron chi connectivity index (χ4n) is 2.45. The third kappa shape index (κ3) is 14.0. The van der Waals surface area contributed by atoms with Gasteiger partial charge >= 0.3 is 0 Å². The Kier molecular flexibility index (Phi) is 18.5. The molecule has 0 aliphatic rings. The van der Waals surface area contributed by atoms with Crippen LogP contribution < -0.4 is 15.4 Å². The predicted molar refractivity (Wildman–Crippen MR) is 127 cm³/mol. The van der Waals surface area contributed by atoms with Crippen LogP contribution in [0.2, 0.25) is 0 Å². The van der Waals surface area contributed by atoms with Crippen molar-refractivity contribution in [1.82, 2.24) is 10.6 Å². The Hall–Kier alpha value is -1.06. The zero-order valence-corrected chi connectivity index (χ0v) is 20.0. The third-order valence-electron chi connectivity index (χ3n) is 3.92. The van der Waals surface area contributed by atoms with Crippen molar-refractivity contribution in [3.8, 4) is 5.75 Å². The highest BCUT2D eigenvalue weighted by atomic mass is 127. The molecule has 0 aliphatic carbocycles. The van der Waals surface area contributed by atoms with E-state index in [0.29, 0.717) is 19.8 Å². The maximum atomic E-state index is 5.57. The molecule has 28 heavy (non-hydrogen) atoms. The summed E-state index contributed by atoms with van der Waals surface area (Å²) in [5.41, 5.74) is 1.28. The number of aryl methyl sites for hydroxylation is 1. The summed E-state index contributed by atoms with van der Waals surface area (Å²) >= 11 is 0. The Bertz CT molecular complexity index is 515. The molecule has 0 atom stereocenters. The molecule has 0 unspecified atom stereocenters. The van der Waals surface area contributed by atoms with Crippen LogP contribution in [-0.4, -0.2) is 59.1 Å². The summed E-state index contributed by atoms with van der Waals surface area (Å²) in [5.74, 6) is 1.74. The molecule has 0 bridgehead atoms. The van der Waals surface area contributed by atoms with Crippen molar-refractivity contribution in [3.63, 3.8) is 0 Å². The van der Waals surface area contributed by atoms with Crippen molar-refractivity contribution in [2.24, 2.45) is 4.99 Å². The first-order valence-corrected chi connectivity index (χ1v) is 10.1. The molecule has 7 heteroatoms. The summed E-state index contributed by atoms with van der Waals surface area (Å²) in [6.45, 7) is 9.35. The number of unbranched alkanes of at least 4 members (excludes halogenated alkanes) is 1. The molecule has 162 valence electrons. The lowest BCUT2D eigenvalue weighted by Gasteiger charge is -2.11. The van der Waals surface area contributed by atoms with Crippen molar-refractivity contribution in [1.29, 1.82) is 0 Å². The van der Waals surface area contributed by atoms with Gasteiger partial charge in [0.05, 0.1) is 26.9 Å². The van der Waals surface area contributed by atoms with Gasteiger partial charge in [0.15, 0.2) is 5.96 Å². The van der Waals surface area contributed by atoms with Crippen LogP contribution in [0.4, 0.5) is 0 Å². The van der Waals surface area contributed by atoms with E-state index in [2.05, 4.69) is 41.6 Å². The van der Waals surface area contributed by atoms with E-state index in [9.17, 15) is 0 Å². The predicted octanol–water partition coefficient (Wildman–Crippen LogP) is 3.63. The summed E-state index contributed by atoms with van der Waals surface area (Å²) in [6, 6.07) is 8.20. The van der Waals surface area contributed by atoms with Crippen LogP contribution in [0.5, 0.6) is 5.75 Å². The molecule has 0 heterocycles. The second-order valence-corrected chi connectivity index (χ2v) is 6.22. The molecular formula is C21H38IN3O3. The van der Waals surface area contributed by atoms with Gasteiger partial charge in [0.2, 0.25) is 0 Å². The molecule has 0 saturated heterocycles. The minimum atomic E-state index is 0. The first-order valence-electron chi connectivity index (χ1n) is 10.1. The average Bonchev–Trinajstić information content (AvgIpc) is 2.70. The zero-order valence-electron chi connectivity index (χ0n) is 17.7. The monoisotopic (exact) mass is 507 g/mol. The number of nitrogens with zero attached hydrogens (tertiary/aromatic N) is 1. The summed E-state index contributed by atoms with van der Waals surface area (Å²) in [4.78, 5) is 4.62. The third-order valence-corrected chi connectivity index (χ3v) is 3.92. The maximum Gasteiger partial charge on any atom is 0.191 e. The van der Waals surface area contributed by atoms with Gasteiger partial charge in [-0.2, -0.15) is 0 Å². The smallest absolute Gasteiger partial charge is 0.191 e. The van der Waals surface area contributed by atoms with Crippen molar-refractivity contribution in [3.05, 3.63) is 29.8 Å². The van der Waals surface area contributed by atoms with Crippen LogP contribution in [0.3, 0.4) is 0 Å². The minimum absolute atomic E-state index is 0. The summed E-state index contributed by atoms with van der Waals surface area (Å²) < 4.78 is 16.3. The van der Waals surface area contributed by atoms with Crippen LogP contribution in [0.25, 0.3) is 0 Å². The van der Waals surface area contributed by atoms with Gasteiger partial charge in [-0.1, -0.05) is 25.5 Å². The molecule has 6 nitrogen and oxygen atoms in total. The number of ether oxygens (including phenoxy) is 3. The van der Waals surface area contributed by atoms with Crippen molar-refractivity contribution in [2.45, 2.75) is 39.5 Å². The van der Waals surface area contributed by atoms with E-state index in [1.807, 2.05) is 12.1 Å². The van der Waals surface area contributed by atoms with Gasteiger partial charge in [-0.25, -0.2) is 0 Å². The number of rotatable bonds is 15. The first-order chi connectivity index (χ1) is 13.3. The van der Waals surface area contributed by atoms with E-state index in [-0.39, 0.29) is 24.0 Å². The van der Waals surface area contributed by atoms with Gasteiger partial charge in [-0.3, -0.25) is 4.99 Å². The molecule has 0 aliphatic heterocycles. The van der Waals surface area contributed by atoms with E-state index >= 15 is 0 Å². The average molecular weight is 507 g/mol. The number of methoxy groups -OCH3 is 1. The van der Waals surface area contributed by atoms with Crippen molar-refractivity contribution in [2.75, 3.05) is 53.2 Å². The summed E-state index contributed by atoms with van der Waals surface area (Å²) in [6.07, 6.45) is 4.26. The molecule has 0 amide bonds. The normalized spacial score (nSPS) is 11.0. The number of aliphatic imine (C=N–C) groups is 1. The van der Waals surface area contributed by atoms with E-state index in [4.69, 9.17) is 14.2 Å². The minimum Gasteiger partial charge on any atom is -0.497 e. The Labute approximate surface area is 187 Å². The SMILES string of the molecule is CCCCOCCOCCNC(=NCCCc1cccc(OC)c1)NCC.I. The second kappa shape index (κ2) is 19.3. The molecule has 1 rings (SSSR count). The van der Waals surface area contributed by atoms with Crippen LogP contribution in [0.1, 0.15) is 38.7 Å². The quantitative estimate of drug-likeness (QED) is 0.164. The fraction of sp³-hybridized carbons (Fsp3) is 0.667. The van der Waals surface area contributed by atoms with Gasteiger partial charge in [0.1, 0.15) is 5.75 Å². The fourth-order valence-corrected chi connectivity index (χ4v) is 2.45. The lowest BCUT2D eigenvalue weighted by molar-refractivity contribution is 0.0487. The highest BCUT2D eigenvalue weighted by Gasteiger charge is 1.99. The molecule has 1 aromatic carbocycles. The number of guanidine groups is 1. The number of benzene rings is 1. The Balaban J connectivity index is 0.00000729. The van der Waals surface area contributed by atoms with Crippen LogP contribution >= 0.6 is 24.0 Å². The van der Waals surface area contributed by atoms with E-state index < -0.39 is 0 Å². The summed E-state index contributed by atoms with van der Waals surface area (Å²) in [7, 11) is 1.70. The van der Waals surface area contributed by atoms with Gasteiger partial charge in [0.25, 0.3) is 0 Å². The maximum absolute atomic E-state index is 5.57. The highest BCUT2D eigenvalue weighted by molar-refractivity contribution is 14.0. The molecule has 0 saturated carbocycles. The molecule has 2 N–H and O–H groups in total. The molecular weight excluding hydrogens is 469 g/mol. The molecule has 0 aromatic heterocycles. The number of halogens is 1. The van der Waals surface area contributed by atoms with Crippen LogP contribution in [-0.2, 0) is 15.9 Å². The van der Waals surface area contributed by atoms with Gasteiger partial charge in [0, 0.05) is 26.2 Å². The Morgan fingerprint density at radius 1 is 1.00 bits per heavy atom. The zero-order chi connectivity index (χ0) is 19.6. The molecule has 0 fully saturated rings. The van der Waals surface area contributed by atoms with E-state index in [0.717, 1.165) is 63.6 Å².